The Kier molecular flexibility index (Phi) is 5.91. The Morgan fingerprint density at radius 2 is 1.26 bits per heavy atom. The summed E-state index contributed by atoms with van der Waals surface area (Å²) in [6, 6.07) is 8.85. The van der Waals surface area contributed by atoms with Crippen LogP contribution >= 0.6 is 0 Å². The van der Waals surface area contributed by atoms with Crippen molar-refractivity contribution in [1.29, 1.82) is 0 Å². The largest absolute Gasteiger partial charge is 0.366 e. The van der Waals surface area contributed by atoms with Crippen molar-refractivity contribution in [2.45, 2.75) is 77.4 Å². The zero-order valence-corrected chi connectivity index (χ0v) is 12.5. The van der Waals surface area contributed by atoms with E-state index in [1.165, 1.54) is 62.5 Å². The summed E-state index contributed by atoms with van der Waals surface area (Å²) in [6.45, 7) is 4.52. The van der Waals surface area contributed by atoms with Gasteiger partial charge in [0.15, 0.2) is 0 Å². The van der Waals surface area contributed by atoms with Gasteiger partial charge in [0.1, 0.15) is 0 Å². The van der Waals surface area contributed by atoms with E-state index in [1.807, 2.05) is 0 Å². The highest BCUT2D eigenvalue weighted by Crippen LogP contribution is 2.43. The van der Waals surface area contributed by atoms with Crippen LogP contribution in [0.2, 0.25) is 0 Å². The van der Waals surface area contributed by atoms with E-state index in [1.54, 1.807) is 0 Å². The zero-order chi connectivity index (χ0) is 13.5. The molecule has 0 amide bonds. The number of rotatable bonds is 8. The summed E-state index contributed by atoms with van der Waals surface area (Å²) in [7, 11) is 0. The molecule has 0 saturated carbocycles. The predicted molar refractivity (Wildman–Crippen MR) is 81.3 cm³/mol. The van der Waals surface area contributed by atoms with Crippen molar-refractivity contribution in [1.82, 2.24) is 0 Å². The van der Waals surface area contributed by atoms with Crippen LogP contribution < -0.4 is 0 Å². The second kappa shape index (κ2) is 7.69. The molecular weight excluding hydrogens is 232 g/mol. The maximum absolute atomic E-state index is 6.33. The van der Waals surface area contributed by atoms with Gasteiger partial charge in [-0.25, -0.2) is 0 Å². The van der Waals surface area contributed by atoms with Gasteiger partial charge >= 0.3 is 0 Å². The van der Waals surface area contributed by atoms with Gasteiger partial charge in [-0.05, 0) is 24.0 Å². The summed E-state index contributed by atoms with van der Waals surface area (Å²) in [5, 5.41) is 0. The molecule has 106 valence electrons. The van der Waals surface area contributed by atoms with E-state index in [-0.39, 0.29) is 0 Å². The minimum absolute atomic E-state index is 0.356. The normalized spacial score (nSPS) is 21.6. The third kappa shape index (κ3) is 3.82. The highest BCUT2D eigenvalue weighted by atomic mass is 16.5. The molecule has 1 aromatic carbocycles. The first-order chi connectivity index (χ1) is 9.36. The topological polar surface area (TPSA) is 9.23 Å². The van der Waals surface area contributed by atoms with Gasteiger partial charge in [-0.2, -0.15) is 0 Å². The third-order valence-corrected chi connectivity index (χ3v) is 4.16. The Morgan fingerprint density at radius 1 is 0.789 bits per heavy atom. The van der Waals surface area contributed by atoms with Crippen molar-refractivity contribution in [3.8, 4) is 0 Å². The molecule has 1 aliphatic rings. The monoisotopic (exact) mass is 260 g/mol. The third-order valence-electron chi connectivity index (χ3n) is 4.16. The first-order valence-corrected chi connectivity index (χ1v) is 8.11. The molecule has 0 N–H and O–H groups in total. The molecule has 19 heavy (non-hydrogen) atoms. The number of unbranched alkanes of at least 4 members (excludes halogenated alkanes) is 4. The van der Waals surface area contributed by atoms with Crippen LogP contribution in [0, 0.1) is 0 Å². The van der Waals surface area contributed by atoms with E-state index in [2.05, 4.69) is 38.1 Å². The Labute approximate surface area is 118 Å². The van der Waals surface area contributed by atoms with E-state index < -0.39 is 0 Å². The number of benzene rings is 1. The molecular formula is C18H28O. The van der Waals surface area contributed by atoms with Gasteiger partial charge < -0.3 is 4.74 Å². The molecule has 2 atom stereocenters. The molecule has 0 saturated heterocycles. The fourth-order valence-electron chi connectivity index (χ4n) is 3.05. The van der Waals surface area contributed by atoms with Gasteiger partial charge in [-0.1, -0.05) is 76.6 Å². The summed E-state index contributed by atoms with van der Waals surface area (Å²) in [4.78, 5) is 0. The van der Waals surface area contributed by atoms with Gasteiger partial charge in [-0.3, -0.25) is 0 Å². The van der Waals surface area contributed by atoms with Crippen LogP contribution in [0.3, 0.4) is 0 Å². The van der Waals surface area contributed by atoms with Crippen LogP contribution in [0.15, 0.2) is 24.3 Å². The summed E-state index contributed by atoms with van der Waals surface area (Å²) >= 11 is 0. The molecule has 0 aliphatic carbocycles. The SMILES string of the molecule is CCCCCC1OC(CCCCC)c2ccccc21. The summed E-state index contributed by atoms with van der Waals surface area (Å²) < 4.78 is 6.33. The van der Waals surface area contributed by atoms with Crippen molar-refractivity contribution in [2.75, 3.05) is 0 Å². The summed E-state index contributed by atoms with van der Waals surface area (Å²) in [6.07, 6.45) is 10.9. The predicted octanol–water partition coefficient (Wildman–Crippen LogP) is 5.96. The number of fused-ring (bicyclic) bond motifs is 1. The fourth-order valence-corrected chi connectivity index (χ4v) is 3.05. The molecule has 0 bridgehead atoms. The van der Waals surface area contributed by atoms with Crippen LogP contribution in [0.1, 0.15) is 88.5 Å². The Hall–Kier alpha value is -0.820. The number of hydrogen-bond acceptors (Lipinski definition) is 1. The second-order valence-electron chi connectivity index (χ2n) is 5.73. The lowest BCUT2D eigenvalue weighted by atomic mass is 9.97. The molecule has 1 nitrogen and oxygen atoms in total. The lowest BCUT2D eigenvalue weighted by molar-refractivity contribution is -0.0000335. The summed E-state index contributed by atoms with van der Waals surface area (Å²) in [5.74, 6) is 0. The highest BCUT2D eigenvalue weighted by Gasteiger charge is 2.30. The number of ether oxygens (including phenoxy) is 1. The van der Waals surface area contributed by atoms with Gasteiger partial charge in [0, 0.05) is 0 Å². The molecule has 0 fully saturated rings. The molecule has 2 rings (SSSR count). The lowest BCUT2D eigenvalue weighted by Crippen LogP contribution is -1.99. The number of hydrogen-bond donors (Lipinski definition) is 0. The maximum atomic E-state index is 6.33. The zero-order valence-electron chi connectivity index (χ0n) is 12.5. The smallest absolute Gasteiger partial charge is 0.0836 e. The van der Waals surface area contributed by atoms with Gasteiger partial charge in [0.25, 0.3) is 0 Å². The van der Waals surface area contributed by atoms with Gasteiger partial charge in [0.2, 0.25) is 0 Å². The Bertz CT molecular complexity index is 337. The van der Waals surface area contributed by atoms with Gasteiger partial charge in [-0.15, -0.1) is 0 Å². The van der Waals surface area contributed by atoms with E-state index in [0.29, 0.717) is 12.2 Å². The van der Waals surface area contributed by atoms with Gasteiger partial charge in [0.05, 0.1) is 12.2 Å². The van der Waals surface area contributed by atoms with Crippen LogP contribution in [0.4, 0.5) is 0 Å². The fraction of sp³-hybridized carbons (Fsp3) is 0.667. The molecule has 1 heteroatoms. The van der Waals surface area contributed by atoms with E-state index in [0.717, 1.165) is 0 Å². The Morgan fingerprint density at radius 3 is 1.68 bits per heavy atom. The van der Waals surface area contributed by atoms with Crippen LogP contribution in [0.5, 0.6) is 0 Å². The molecule has 1 heterocycles. The van der Waals surface area contributed by atoms with E-state index in [9.17, 15) is 0 Å². The lowest BCUT2D eigenvalue weighted by Gasteiger charge is -2.14. The van der Waals surface area contributed by atoms with Crippen LogP contribution in [0.25, 0.3) is 0 Å². The quantitative estimate of drug-likeness (QED) is 0.524. The standard InChI is InChI=1S/C18H28O/c1-3-5-7-13-17-15-11-9-10-12-16(15)18(19-17)14-8-6-4-2/h9-12,17-18H,3-8,13-14H2,1-2H3. The Balaban J connectivity index is 1.97. The first-order valence-electron chi connectivity index (χ1n) is 8.11. The minimum Gasteiger partial charge on any atom is -0.366 e. The van der Waals surface area contributed by atoms with Crippen molar-refractivity contribution < 1.29 is 4.74 Å². The first kappa shape index (κ1) is 14.6. The second-order valence-corrected chi connectivity index (χ2v) is 5.73. The molecule has 0 radical (unpaired) electrons. The average molecular weight is 260 g/mol. The molecule has 1 aliphatic heterocycles. The highest BCUT2D eigenvalue weighted by molar-refractivity contribution is 5.34. The average Bonchev–Trinajstić information content (AvgIpc) is 2.79. The van der Waals surface area contributed by atoms with Crippen molar-refractivity contribution >= 4 is 0 Å². The van der Waals surface area contributed by atoms with E-state index >= 15 is 0 Å². The van der Waals surface area contributed by atoms with Crippen LogP contribution in [-0.4, -0.2) is 0 Å². The minimum atomic E-state index is 0.356. The molecule has 0 aromatic heterocycles. The maximum Gasteiger partial charge on any atom is 0.0836 e. The molecule has 2 unspecified atom stereocenters. The molecule has 1 aromatic rings. The van der Waals surface area contributed by atoms with Crippen molar-refractivity contribution in [3.05, 3.63) is 35.4 Å². The van der Waals surface area contributed by atoms with Crippen LogP contribution in [-0.2, 0) is 4.74 Å². The van der Waals surface area contributed by atoms with Crippen molar-refractivity contribution in [3.63, 3.8) is 0 Å². The molecule has 0 spiro atoms. The van der Waals surface area contributed by atoms with Crippen molar-refractivity contribution in [2.24, 2.45) is 0 Å². The van der Waals surface area contributed by atoms with E-state index in [4.69, 9.17) is 4.74 Å². The summed E-state index contributed by atoms with van der Waals surface area (Å²) in [5.41, 5.74) is 2.92.